The third kappa shape index (κ3) is 5.48. The molecular weight excluding hydrogens is 396 g/mol. The van der Waals surface area contributed by atoms with Crippen molar-refractivity contribution in [1.29, 1.82) is 0 Å². The van der Waals surface area contributed by atoms with Crippen molar-refractivity contribution in [3.8, 4) is 17.2 Å². The van der Waals surface area contributed by atoms with Gasteiger partial charge in [0.15, 0.2) is 18.1 Å². The SMILES string of the molecule is COc1ccc(C(=O)N2CCCN(C(=O)COc3ccc(C)cc3C)CC2)cc1OC. The molecular formula is C24H30N2O5. The Morgan fingerprint density at radius 3 is 2.23 bits per heavy atom. The Balaban J connectivity index is 1.58. The molecule has 1 fully saturated rings. The summed E-state index contributed by atoms with van der Waals surface area (Å²) < 4.78 is 16.3. The fourth-order valence-corrected chi connectivity index (χ4v) is 3.71. The second-order valence-electron chi connectivity index (χ2n) is 7.65. The van der Waals surface area contributed by atoms with Crippen LogP contribution in [0.1, 0.15) is 27.9 Å². The average molecular weight is 427 g/mol. The van der Waals surface area contributed by atoms with Crippen molar-refractivity contribution in [2.24, 2.45) is 0 Å². The molecule has 0 unspecified atom stereocenters. The molecule has 1 aliphatic rings. The lowest BCUT2D eigenvalue weighted by atomic mass is 10.1. The summed E-state index contributed by atoms with van der Waals surface area (Å²) in [5, 5.41) is 0. The highest BCUT2D eigenvalue weighted by atomic mass is 16.5. The lowest BCUT2D eigenvalue weighted by Crippen LogP contribution is -2.39. The molecule has 7 nitrogen and oxygen atoms in total. The molecule has 1 saturated heterocycles. The van der Waals surface area contributed by atoms with E-state index in [1.807, 2.05) is 32.0 Å². The van der Waals surface area contributed by atoms with E-state index in [2.05, 4.69) is 0 Å². The zero-order valence-corrected chi connectivity index (χ0v) is 18.6. The van der Waals surface area contributed by atoms with Crippen molar-refractivity contribution in [3.63, 3.8) is 0 Å². The van der Waals surface area contributed by atoms with Crippen molar-refractivity contribution in [1.82, 2.24) is 9.80 Å². The van der Waals surface area contributed by atoms with E-state index in [1.165, 1.54) is 0 Å². The molecule has 1 aliphatic heterocycles. The molecule has 0 saturated carbocycles. The topological polar surface area (TPSA) is 68.3 Å². The first-order valence-corrected chi connectivity index (χ1v) is 10.4. The molecule has 0 radical (unpaired) electrons. The largest absolute Gasteiger partial charge is 0.493 e. The van der Waals surface area contributed by atoms with Gasteiger partial charge in [-0.2, -0.15) is 0 Å². The van der Waals surface area contributed by atoms with Crippen molar-refractivity contribution >= 4 is 11.8 Å². The first-order chi connectivity index (χ1) is 14.9. The summed E-state index contributed by atoms with van der Waals surface area (Å²) in [6.45, 7) is 6.13. The Morgan fingerprint density at radius 1 is 0.839 bits per heavy atom. The van der Waals surface area contributed by atoms with Crippen LogP contribution in [0.15, 0.2) is 36.4 Å². The normalized spacial score (nSPS) is 14.1. The first-order valence-electron chi connectivity index (χ1n) is 10.4. The number of nitrogens with zero attached hydrogens (tertiary/aromatic N) is 2. The number of hydrogen-bond donors (Lipinski definition) is 0. The van der Waals surface area contributed by atoms with Gasteiger partial charge >= 0.3 is 0 Å². The first kappa shape index (κ1) is 22.5. The van der Waals surface area contributed by atoms with Crippen molar-refractivity contribution in [3.05, 3.63) is 53.1 Å². The van der Waals surface area contributed by atoms with Gasteiger partial charge in [0, 0.05) is 31.7 Å². The summed E-state index contributed by atoms with van der Waals surface area (Å²) in [6, 6.07) is 11.0. The molecule has 31 heavy (non-hydrogen) atoms. The summed E-state index contributed by atoms with van der Waals surface area (Å²) in [6.07, 6.45) is 0.717. The molecule has 3 rings (SSSR count). The van der Waals surface area contributed by atoms with Crippen LogP contribution < -0.4 is 14.2 Å². The van der Waals surface area contributed by atoms with E-state index in [1.54, 1.807) is 42.2 Å². The fraction of sp³-hybridized carbons (Fsp3) is 0.417. The van der Waals surface area contributed by atoms with E-state index in [9.17, 15) is 9.59 Å². The number of hydrogen-bond acceptors (Lipinski definition) is 5. The van der Waals surface area contributed by atoms with E-state index >= 15 is 0 Å². The summed E-state index contributed by atoms with van der Waals surface area (Å²) in [5.41, 5.74) is 2.70. The number of amides is 2. The van der Waals surface area contributed by atoms with Gasteiger partial charge in [0.05, 0.1) is 14.2 Å². The Morgan fingerprint density at radius 2 is 1.52 bits per heavy atom. The smallest absolute Gasteiger partial charge is 0.260 e. The zero-order valence-electron chi connectivity index (χ0n) is 18.6. The molecule has 0 aromatic heterocycles. The summed E-state index contributed by atoms with van der Waals surface area (Å²) in [5.74, 6) is 1.67. The summed E-state index contributed by atoms with van der Waals surface area (Å²) >= 11 is 0. The molecule has 2 aromatic carbocycles. The zero-order chi connectivity index (χ0) is 22.4. The Hall–Kier alpha value is -3.22. The van der Waals surface area contributed by atoms with Crippen molar-refractivity contribution < 1.29 is 23.8 Å². The number of methoxy groups -OCH3 is 2. The van der Waals surface area contributed by atoms with Crippen LogP contribution in [0.4, 0.5) is 0 Å². The molecule has 7 heteroatoms. The Labute approximate surface area is 183 Å². The number of carbonyl (C=O) groups is 2. The van der Waals surface area contributed by atoms with Crippen LogP contribution in [0.25, 0.3) is 0 Å². The minimum absolute atomic E-state index is 0.00642. The summed E-state index contributed by atoms with van der Waals surface area (Å²) in [4.78, 5) is 29.2. The molecule has 0 aliphatic carbocycles. The number of rotatable bonds is 6. The summed E-state index contributed by atoms with van der Waals surface area (Å²) in [7, 11) is 3.10. The predicted octanol–water partition coefficient (Wildman–Crippen LogP) is 3.07. The molecule has 0 bridgehead atoms. The van der Waals surface area contributed by atoms with E-state index in [4.69, 9.17) is 14.2 Å². The van der Waals surface area contributed by atoms with Crippen molar-refractivity contribution in [2.75, 3.05) is 47.0 Å². The third-order valence-corrected chi connectivity index (χ3v) is 5.45. The van der Waals surface area contributed by atoms with Gasteiger partial charge in [-0.15, -0.1) is 0 Å². The second-order valence-corrected chi connectivity index (χ2v) is 7.65. The van der Waals surface area contributed by atoms with Gasteiger partial charge in [-0.1, -0.05) is 17.7 Å². The number of aryl methyl sites for hydroxylation is 2. The van der Waals surface area contributed by atoms with Crippen LogP contribution in [0.5, 0.6) is 17.2 Å². The molecule has 0 spiro atoms. The average Bonchev–Trinajstić information content (AvgIpc) is 3.03. The molecule has 0 N–H and O–H groups in total. The van der Waals surface area contributed by atoms with Gasteiger partial charge in [-0.3, -0.25) is 9.59 Å². The van der Waals surface area contributed by atoms with Gasteiger partial charge in [0.2, 0.25) is 0 Å². The monoisotopic (exact) mass is 426 g/mol. The molecule has 166 valence electrons. The fourth-order valence-electron chi connectivity index (χ4n) is 3.71. The van der Waals surface area contributed by atoms with Crippen LogP contribution >= 0.6 is 0 Å². The standard InChI is InChI=1S/C24H30N2O5/c1-17-6-8-20(18(2)14-17)31-16-23(27)25-10-5-11-26(13-12-25)24(28)19-7-9-21(29-3)22(15-19)30-4/h6-9,14-15H,5,10-13,16H2,1-4H3. The van der Waals surface area contributed by atoms with E-state index in [0.717, 1.165) is 16.9 Å². The second kappa shape index (κ2) is 10.2. The van der Waals surface area contributed by atoms with Crippen LogP contribution in [0.2, 0.25) is 0 Å². The third-order valence-electron chi connectivity index (χ3n) is 5.45. The maximum Gasteiger partial charge on any atom is 0.260 e. The van der Waals surface area contributed by atoms with Gasteiger partial charge in [-0.25, -0.2) is 0 Å². The van der Waals surface area contributed by atoms with Crippen LogP contribution in [-0.4, -0.2) is 68.6 Å². The van der Waals surface area contributed by atoms with Gasteiger partial charge < -0.3 is 24.0 Å². The Bertz CT molecular complexity index is 944. The van der Waals surface area contributed by atoms with Crippen LogP contribution in [0, 0.1) is 13.8 Å². The molecule has 1 heterocycles. The van der Waals surface area contributed by atoms with Crippen molar-refractivity contribution in [2.45, 2.75) is 20.3 Å². The van der Waals surface area contributed by atoms with E-state index in [0.29, 0.717) is 49.7 Å². The minimum Gasteiger partial charge on any atom is -0.493 e. The highest BCUT2D eigenvalue weighted by Gasteiger charge is 2.24. The predicted molar refractivity (Wildman–Crippen MR) is 118 cm³/mol. The number of carbonyl (C=O) groups excluding carboxylic acids is 2. The van der Waals surface area contributed by atoms with Crippen LogP contribution in [-0.2, 0) is 4.79 Å². The Kier molecular flexibility index (Phi) is 7.39. The molecule has 0 atom stereocenters. The number of benzene rings is 2. The maximum absolute atomic E-state index is 13.0. The lowest BCUT2D eigenvalue weighted by Gasteiger charge is -2.23. The van der Waals surface area contributed by atoms with E-state index < -0.39 is 0 Å². The van der Waals surface area contributed by atoms with Gasteiger partial charge in [0.1, 0.15) is 5.75 Å². The maximum atomic E-state index is 13.0. The quantitative estimate of drug-likeness (QED) is 0.710. The van der Waals surface area contributed by atoms with Crippen LogP contribution in [0.3, 0.4) is 0 Å². The minimum atomic E-state index is -0.0817. The van der Waals surface area contributed by atoms with Gasteiger partial charge in [-0.05, 0) is 50.1 Å². The molecule has 2 aromatic rings. The van der Waals surface area contributed by atoms with Gasteiger partial charge in [0.25, 0.3) is 11.8 Å². The highest BCUT2D eigenvalue weighted by molar-refractivity contribution is 5.95. The lowest BCUT2D eigenvalue weighted by molar-refractivity contribution is -0.133. The number of ether oxygens (including phenoxy) is 3. The molecule has 2 amide bonds. The van der Waals surface area contributed by atoms with E-state index in [-0.39, 0.29) is 18.4 Å². The highest BCUT2D eigenvalue weighted by Crippen LogP contribution is 2.28.